The summed E-state index contributed by atoms with van der Waals surface area (Å²) in [6, 6.07) is 2.39. The maximum absolute atomic E-state index is 14.5. The zero-order valence-electron chi connectivity index (χ0n) is 21.6. The molecule has 2 aromatic rings. The van der Waals surface area contributed by atoms with Gasteiger partial charge >= 0.3 is 0 Å². The van der Waals surface area contributed by atoms with Crippen LogP contribution in [0.2, 0.25) is 0 Å². The molecule has 3 aliphatic rings. The Morgan fingerprint density at radius 2 is 1.76 bits per heavy atom. The SMILES string of the molecule is CC(C)(O)c1cnc(N2CCC([C@H]3CC3CCOc3cc(F)c(CC(=O)N4CCC4)c(F)c3)CC2)nc1. The molecule has 0 spiro atoms. The van der Waals surface area contributed by atoms with Crippen molar-refractivity contribution in [1.82, 2.24) is 14.9 Å². The number of ether oxygens (including phenoxy) is 1. The number of rotatable bonds is 9. The summed E-state index contributed by atoms with van der Waals surface area (Å²) in [6.45, 7) is 7.02. The number of amides is 1. The van der Waals surface area contributed by atoms with E-state index in [2.05, 4.69) is 14.9 Å². The molecular formula is C28H36F2N4O3. The van der Waals surface area contributed by atoms with Gasteiger partial charge in [0.1, 0.15) is 17.4 Å². The van der Waals surface area contributed by atoms with Gasteiger partial charge in [-0.3, -0.25) is 4.79 Å². The van der Waals surface area contributed by atoms with Crippen LogP contribution >= 0.6 is 0 Å². The molecule has 2 aliphatic heterocycles. The molecule has 7 nitrogen and oxygen atoms in total. The summed E-state index contributed by atoms with van der Waals surface area (Å²) < 4.78 is 34.6. The highest BCUT2D eigenvalue weighted by atomic mass is 19.1. The van der Waals surface area contributed by atoms with Crippen LogP contribution in [-0.2, 0) is 16.8 Å². The van der Waals surface area contributed by atoms with Gasteiger partial charge in [0.05, 0.1) is 18.6 Å². The predicted molar refractivity (Wildman–Crippen MR) is 135 cm³/mol. The minimum Gasteiger partial charge on any atom is -0.493 e. The molecule has 1 aliphatic carbocycles. The smallest absolute Gasteiger partial charge is 0.227 e. The van der Waals surface area contributed by atoms with E-state index >= 15 is 0 Å². The number of nitrogens with zero attached hydrogens (tertiary/aromatic N) is 4. The zero-order chi connectivity index (χ0) is 26.2. The van der Waals surface area contributed by atoms with Crippen LogP contribution in [0.1, 0.15) is 57.1 Å². The number of piperidine rings is 1. The molecule has 0 bridgehead atoms. The summed E-state index contributed by atoms with van der Waals surface area (Å²) in [4.78, 5) is 24.8. The number of aromatic nitrogens is 2. The number of anilines is 1. The van der Waals surface area contributed by atoms with Crippen molar-refractivity contribution in [2.75, 3.05) is 37.7 Å². The highest BCUT2D eigenvalue weighted by Gasteiger charge is 2.43. The van der Waals surface area contributed by atoms with Crippen LogP contribution in [0, 0.1) is 29.4 Å². The Morgan fingerprint density at radius 1 is 1.11 bits per heavy atom. The van der Waals surface area contributed by atoms with Crippen molar-refractivity contribution in [1.29, 1.82) is 0 Å². The van der Waals surface area contributed by atoms with Crippen LogP contribution in [0.4, 0.5) is 14.7 Å². The fraction of sp³-hybridized carbons (Fsp3) is 0.607. The first-order valence-electron chi connectivity index (χ1n) is 13.4. The number of hydrogen-bond donors (Lipinski definition) is 1. The van der Waals surface area contributed by atoms with Gasteiger partial charge in [0.2, 0.25) is 11.9 Å². The Labute approximate surface area is 216 Å². The zero-order valence-corrected chi connectivity index (χ0v) is 21.6. The van der Waals surface area contributed by atoms with E-state index in [1.54, 1.807) is 31.1 Å². The van der Waals surface area contributed by atoms with Crippen LogP contribution in [0.15, 0.2) is 24.5 Å². The number of aliphatic hydroxyl groups is 1. The van der Waals surface area contributed by atoms with Crippen molar-refractivity contribution in [3.05, 3.63) is 47.3 Å². The van der Waals surface area contributed by atoms with Crippen molar-refractivity contribution in [2.45, 2.75) is 58.0 Å². The molecule has 1 amide bonds. The lowest BCUT2D eigenvalue weighted by molar-refractivity contribution is -0.133. The number of likely N-dealkylation sites (tertiary alicyclic amines) is 1. The molecule has 0 radical (unpaired) electrons. The van der Waals surface area contributed by atoms with E-state index in [0.717, 1.165) is 38.8 Å². The van der Waals surface area contributed by atoms with E-state index in [1.807, 2.05) is 0 Å². The van der Waals surface area contributed by atoms with Crippen LogP contribution < -0.4 is 9.64 Å². The largest absolute Gasteiger partial charge is 0.493 e. The fourth-order valence-electron chi connectivity index (χ4n) is 5.50. The molecule has 5 rings (SSSR count). The predicted octanol–water partition coefficient (Wildman–Crippen LogP) is 4.08. The maximum Gasteiger partial charge on any atom is 0.227 e. The highest BCUT2D eigenvalue weighted by Crippen LogP contribution is 2.50. The Kier molecular flexibility index (Phi) is 7.34. The summed E-state index contributed by atoms with van der Waals surface area (Å²) in [5, 5.41) is 10.1. The van der Waals surface area contributed by atoms with Crippen LogP contribution in [0.3, 0.4) is 0 Å². The first-order valence-corrected chi connectivity index (χ1v) is 13.4. The summed E-state index contributed by atoms with van der Waals surface area (Å²) in [5.41, 5.74) is -0.431. The molecule has 1 aromatic heterocycles. The number of benzene rings is 1. The van der Waals surface area contributed by atoms with Crippen molar-refractivity contribution < 1.29 is 23.4 Å². The van der Waals surface area contributed by atoms with Crippen molar-refractivity contribution in [3.63, 3.8) is 0 Å². The Morgan fingerprint density at radius 3 is 2.32 bits per heavy atom. The summed E-state index contributed by atoms with van der Waals surface area (Å²) in [7, 11) is 0. The number of halogens is 2. The number of carbonyl (C=O) groups is 1. The summed E-state index contributed by atoms with van der Waals surface area (Å²) >= 11 is 0. The molecule has 1 N–H and O–H groups in total. The lowest BCUT2D eigenvalue weighted by Gasteiger charge is -2.32. The molecule has 3 heterocycles. The Hall–Kier alpha value is -2.81. The van der Waals surface area contributed by atoms with Gasteiger partial charge in [-0.1, -0.05) is 0 Å². The van der Waals surface area contributed by atoms with E-state index in [-0.39, 0.29) is 23.6 Å². The minimum atomic E-state index is -0.948. The lowest BCUT2D eigenvalue weighted by Crippen LogP contribution is -2.43. The van der Waals surface area contributed by atoms with Gasteiger partial charge in [0.25, 0.3) is 0 Å². The van der Waals surface area contributed by atoms with E-state index in [9.17, 15) is 18.7 Å². The van der Waals surface area contributed by atoms with Gasteiger partial charge in [-0.05, 0) is 63.7 Å². The monoisotopic (exact) mass is 514 g/mol. The molecule has 1 saturated carbocycles. The summed E-state index contributed by atoms with van der Waals surface area (Å²) in [5.74, 6) is 1.13. The fourth-order valence-corrected chi connectivity index (χ4v) is 5.50. The summed E-state index contributed by atoms with van der Waals surface area (Å²) in [6.07, 6.45) is 8.31. The normalized spacial score (nSPS) is 22.1. The maximum atomic E-state index is 14.5. The molecule has 37 heavy (non-hydrogen) atoms. The first-order chi connectivity index (χ1) is 17.7. The molecule has 200 valence electrons. The number of hydrogen-bond acceptors (Lipinski definition) is 6. The molecule has 9 heteroatoms. The third-order valence-corrected chi connectivity index (χ3v) is 8.16. The van der Waals surface area contributed by atoms with Crippen molar-refractivity contribution >= 4 is 11.9 Å². The van der Waals surface area contributed by atoms with Gasteiger partial charge in [0.15, 0.2) is 0 Å². The highest BCUT2D eigenvalue weighted by molar-refractivity contribution is 5.79. The molecule has 2 saturated heterocycles. The average Bonchev–Trinajstić information content (AvgIpc) is 3.59. The van der Waals surface area contributed by atoms with Crippen LogP contribution in [0.25, 0.3) is 0 Å². The second kappa shape index (κ2) is 10.5. The van der Waals surface area contributed by atoms with Crippen LogP contribution in [-0.4, -0.2) is 58.7 Å². The molecule has 1 unspecified atom stereocenters. The van der Waals surface area contributed by atoms with Crippen molar-refractivity contribution in [3.8, 4) is 5.75 Å². The quantitative estimate of drug-likeness (QED) is 0.543. The van der Waals surface area contributed by atoms with E-state index in [4.69, 9.17) is 4.74 Å². The average molecular weight is 515 g/mol. The third kappa shape index (κ3) is 6.03. The van der Waals surface area contributed by atoms with Gasteiger partial charge in [0, 0.05) is 61.8 Å². The molecule has 3 fully saturated rings. The Bertz CT molecular complexity index is 1090. The third-order valence-electron chi connectivity index (χ3n) is 8.16. The minimum absolute atomic E-state index is 0.177. The van der Waals surface area contributed by atoms with E-state index in [0.29, 0.717) is 49.0 Å². The van der Waals surface area contributed by atoms with Gasteiger partial charge in [-0.2, -0.15) is 0 Å². The van der Waals surface area contributed by atoms with E-state index in [1.165, 1.54) is 18.6 Å². The van der Waals surface area contributed by atoms with Gasteiger partial charge < -0.3 is 19.6 Å². The molecular weight excluding hydrogens is 478 g/mol. The topological polar surface area (TPSA) is 78.8 Å². The second-order valence-corrected chi connectivity index (χ2v) is 11.2. The first kappa shape index (κ1) is 25.8. The number of carbonyl (C=O) groups excluding carboxylic acids is 1. The lowest BCUT2D eigenvalue weighted by atomic mass is 9.90. The Balaban J connectivity index is 1.04. The second-order valence-electron chi connectivity index (χ2n) is 11.2. The van der Waals surface area contributed by atoms with E-state index < -0.39 is 17.2 Å². The van der Waals surface area contributed by atoms with Crippen LogP contribution in [0.5, 0.6) is 5.75 Å². The molecule has 2 atom stereocenters. The molecule has 1 aromatic carbocycles. The van der Waals surface area contributed by atoms with Gasteiger partial charge in [-0.15, -0.1) is 0 Å². The van der Waals surface area contributed by atoms with Gasteiger partial charge in [-0.25, -0.2) is 18.7 Å². The van der Waals surface area contributed by atoms with Crippen molar-refractivity contribution in [2.24, 2.45) is 17.8 Å². The standard InChI is InChI=1S/C28H36F2N4O3/c1-28(2,36)20-16-31-27(32-17-20)34-9-4-18(5-10-34)22-12-19(22)6-11-37-21-13-24(29)23(25(30)14-21)15-26(35)33-7-3-8-33/h13-14,16-19,22,36H,3-12,15H2,1-2H3/t19?,22-/m1/s1.